The van der Waals surface area contributed by atoms with Crippen LogP contribution in [0.4, 0.5) is 4.39 Å². The Morgan fingerprint density at radius 2 is 2.17 bits per heavy atom. The van der Waals surface area contributed by atoms with Crippen LogP contribution in [0.3, 0.4) is 0 Å². The minimum atomic E-state index is -0.593. The average molecular weight is 338 g/mol. The second-order valence-corrected chi connectivity index (χ2v) is 6.03. The minimum Gasteiger partial charge on any atom is -0.391 e. The quantitative estimate of drug-likeness (QED) is 0.772. The van der Waals surface area contributed by atoms with Gasteiger partial charge in [0.2, 0.25) is 0 Å². The van der Waals surface area contributed by atoms with Crippen LogP contribution < -0.4 is 5.32 Å². The molecular weight excluding hydrogens is 319 g/mol. The van der Waals surface area contributed by atoms with Crippen LogP contribution in [0.5, 0.6) is 0 Å². The van der Waals surface area contributed by atoms with Crippen LogP contribution in [0.1, 0.15) is 27.5 Å². The van der Waals surface area contributed by atoms with Crippen molar-refractivity contribution in [2.75, 3.05) is 20.3 Å². The number of hydrogen-bond acceptors (Lipinski definition) is 5. The van der Waals surface area contributed by atoms with E-state index in [2.05, 4.69) is 10.3 Å². The van der Waals surface area contributed by atoms with E-state index in [-0.39, 0.29) is 18.3 Å². The molecule has 0 aliphatic carbocycles. The zero-order valence-corrected chi connectivity index (χ0v) is 13.6. The molecule has 0 fully saturated rings. The van der Waals surface area contributed by atoms with Gasteiger partial charge in [0.1, 0.15) is 11.5 Å². The molecule has 1 unspecified atom stereocenters. The maximum absolute atomic E-state index is 12.9. The number of ether oxygens (including phenoxy) is 1. The second-order valence-electron chi connectivity index (χ2n) is 5.08. The summed E-state index contributed by atoms with van der Waals surface area (Å²) in [5.41, 5.74) is 1.30. The summed E-state index contributed by atoms with van der Waals surface area (Å²) in [5.74, 6) is -0.542. The van der Waals surface area contributed by atoms with Gasteiger partial charge in [0.15, 0.2) is 0 Å². The topological polar surface area (TPSA) is 71.5 Å². The lowest BCUT2D eigenvalue weighted by molar-refractivity contribution is 0.0587. The molecule has 1 atom stereocenters. The van der Waals surface area contributed by atoms with Gasteiger partial charge in [-0.15, -0.1) is 11.3 Å². The number of nitrogens with zero attached hydrogens (tertiary/aromatic N) is 1. The summed E-state index contributed by atoms with van der Waals surface area (Å²) in [5, 5.41) is 14.7. The Hall–Kier alpha value is -1.83. The van der Waals surface area contributed by atoms with Gasteiger partial charge in [-0.25, -0.2) is 9.37 Å². The predicted octanol–water partition coefficient (Wildman–Crippen LogP) is 2.00. The van der Waals surface area contributed by atoms with Gasteiger partial charge in [-0.3, -0.25) is 4.79 Å². The number of nitrogens with one attached hydrogen (secondary N) is 1. The number of carbonyl (C=O) groups excluding carboxylic acids is 1. The summed E-state index contributed by atoms with van der Waals surface area (Å²) < 4.78 is 17.7. The first kappa shape index (κ1) is 17.5. The Morgan fingerprint density at radius 3 is 2.87 bits per heavy atom. The zero-order valence-electron chi connectivity index (χ0n) is 12.8. The van der Waals surface area contributed by atoms with Crippen molar-refractivity contribution >= 4 is 17.2 Å². The van der Waals surface area contributed by atoms with Gasteiger partial charge in [-0.05, 0) is 24.1 Å². The molecule has 0 radical (unpaired) electrons. The maximum Gasteiger partial charge on any atom is 0.270 e. The normalized spacial score (nSPS) is 12.1. The third kappa shape index (κ3) is 5.70. The summed E-state index contributed by atoms with van der Waals surface area (Å²) in [6.45, 7) is 0.600. The van der Waals surface area contributed by atoms with E-state index in [1.807, 2.05) is 0 Å². The molecule has 0 saturated heterocycles. The van der Waals surface area contributed by atoms with Gasteiger partial charge in [-0.2, -0.15) is 0 Å². The molecule has 5 nitrogen and oxygen atoms in total. The molecule has 2 N–H and O–H groups in total. The second kappa shape index (κ2) is 8.71. The Kier molecular flexibility index (Phi) is 6.64. The van der Waals surface area contributed by atoms with Gasteiger partial charge in [0.05, 0.1) is 17.7 Å². The molecule has 124 valence electrons. The van der Waals surface area contributed by atoms with Crippen LogP contribution >= 0.6 is 11.3 Å². The molecule has 2 rings (SSSR count). The van der Waals surface area contributed by atoms with Crippen molar-refractivity contribution in [1.82, 2.24) is 10.3 Å². The third-order valence-corrected chi connectivity index (χ3v) is 4.02. The molecule has 0 spiro atoms. The summed E-state index contributed by atoms with van der Waals surface area (Å²) in [6, 6.07) is 6.21. The van der Waals surface area contributed by atoms with Crippen LogP contribution in [0.25, 0.3) is 0 Å². The van der Waals surface area contributed by atoms with Gasteiger partial charge >= 0.3 is 0 Å². The van der Waals surface area contributed by atoms with Crippen molar-refractivity contribution in [3.8, 4) is 0 Å². The molecule has 7 heteroatoms. The number of carbonyl (C=O) groups is 1. The summed E-state index contributed by atoms with van der Waals surface area (Å²) in [7, 11) is 1.51. The van der Waals surface area contributed by atoms with Gasteiger partial charge in [-0.1, -0.05) is 12.1 Å². The highest BCUT2D eigenvalue weighted by atomic mass is 32.1. The van der Waals surface area contributed by atoms with E-state index in [4.69, 9.17) is 4.74 Å². The molecule has 0 bridgehead atoms. The maximum atomic E-state index is 12.9. The Bertz CT molecular complexity index is 631. The molecule has 1 heterocycles. The standard InChI is InChI=1S/C16H19FN2O3S/c1-22-9-13(20)6-7-18-16(21)14-10-23-15(19-14)8-11-2-4-12(17)5-3-11/h2-5,10,13,20H,6-9H2,1H3,(H,18,21). The largest absolute Gasteiger partial charge is 0.391 e. The number of thiazole rings is 1. The fraction of sp³-hybridized carbons (Fsp3) is 0.375. The van der Waals surface area contributed by atoms with E-state index < -0.39 is 6.10 Å². The van der Waals surface area contributed by atoms with Crippen molar-refractivity contribution in [2.45, 2.75) is 18.9 Å². The number of methoxy groups -OCH3 is 1. The highest BCUT2D eigenvalue weighted by molar-refractivity contribution is 7.09. The van der Waals surface area contributed by atoms with Crippen molar-refractivity contribution in [1.29, 1.82) is 0 Å². The first-order chi connectivity index (χ1) is 11.1. The fourth-order valence-corrected chi connectivity index (χ4v) is 2.80. The summed E-state index contributed by atoms with van der Waals surface area (Å²) in [6.07, 6.45) is 0.390. The van der Waals surface area contributed by atoms with Gasteiger partial charge in [0.25, 0.3) is 5.91 Å². The number of amides is 1. The van der Waals surface area contributed by atoms with Crippen molar-refractivity contribution in [2.24, 2.45) is 0 Å². The SMILES string of the molecule is COCC(O)CCNC(=O)c1csc(Cc2ccc(F)cc2)n1. The lowest BCUT2D eigenvalue weighted by Crippen LogP contribution is -2.28. The molecule has 23 heavy (non-hydrogen) atoms. The molecular formula is C16H19FN2O3S. The lowest BCUT2D eigenvalue weighted by atomic mass is 10.1. The summed E-state index contributed by atoms with van der Waals surface area (Å²) >= 11 is 1.39. The number of rotatable bonds is 8. The third-order valence-electron chi connectivity index (χ3n) is 3.18. The van der Waals surface area contributed by atoms with E-state index in [0.717, 1.165) is 10.6 Å². The van der Waals surface area contributed by atoms with Gasteiger partial charge in [0, 0.05) is 25.5 Å². The molecule has 0 aliphatic rings. The molecule has 1 amide bonds. The Labute approximate surface area is 138 Å². The van der Waals surface area contributed by atoms with E-state index in [1.165, 1.54) is 30.6 Å². The number of aliphatic hydroxyl groups excluding tert-OH is 1. The molecule has 1 aromatic carbocycles. The van der Waals surface area contributed by atoms with E-state index >= 15 is 0 Å². The minimum absolute atomic E-state index is 0.244. The van der Waals surface area contributed by atoms with E-state index in [0.29, 0.717) is 25.1 Å². The van der Waals surface area contributed by atoms with Crippen LogP contribution in [0.2, 0.25) is 0 Å². The van der Waals surface area contributed by atoms with Crippen molar-refractivity contribution < 1.29 is 19.0 Å². The van der Waals surface area contributed by atoms with Crippen molar-refractivity contribution in [3.05, 3.63) is 51.7 Å². The Morgan fingerprint density at radius 1 is 1.43 bits per heavy atom. The average Bonchev–Trinajstić information content (AvgIpc) is 2.98. The number of halogens is 1. The van der Waals surface area contributed by atoms with Gasteiger partial charge < -0.3 is 15.2 Å². The summed E-state index contributed by atoms with van der Waals surface area (Å²) in [4.78, 5) is 16.3. The smallest absolute Gasteiger partial charge is 0.270 e. The van der Waals surface area contributed by atoms with Crippen LogP contribution in [-0.2, 0) is 11.2 Å². The number of aromatic nitrogens is 1. The number of aliphatic hydroxyl groups is 1. The van der Waals surface area contributed by atoms with Crippen LogP contribution in [0.15, 0.2) is 29.6 Å². The first-order valence-corrected chi connectivity index (χ1v) is 8.10. The van der Waals surface area contributed by atoms with E-state index in [1.54, 1.807) is 17.5 Å². The lowest BCUT2D eigenvalue weighted by Gasteiger charge is -2.09. The predicted molar refractivity (Wildman–Crippen MR) is 86.2 cm³/mol. The number of benzene rings is 1. The monoisotopic (exact) mass is 338 g/mol. The Balaban J connectivity index is 1.83. The van der Waals surface area contributed by atoms with Crippen LogP contribution in [-0.4, -0.2) is 42.4 Å². The molecule has 0 aliphatic heterocycles. The zero-order chi connectivity index (χ0) is 16.7. The number of hydrogen-bond donors (Lipinski definition) is 2. The molecule has 2 aromatic rings. The van der Waals surface area contributed by atoms with Crippen molar-refractivity contribution in [3.63, 3.8) is 0 Å². The van der Waals surface area contributed by atoms with Crippen LogP contribution in [0, 0.1) is 5.82 Å². The highest BCUT2D eigenvalue weighted by Gasteiger charge is 2.11. The highest BCUT2D eigenvalue weighted by Crippen LogP contribution is 2.15. The van der Waals surface area contributed by atoms with E-state index in [9.17, 15) is 14.3 Å². The molecule has 1 aromatic heterocycles. The fourth-order valence-electron chi connectivity index (χ4n) is 1.99. The first-order valence-electron chi connectivity index (χ1n) is 7.22. The molecule has 0 saturated carbocycles.